The highest BCUT2D eigenvalue weighted by atomic mass is 79.9. The van der Waals surface area contributed by atoms with E-state index in [1.54, 1.807) is 18.2 Å². The predicted octanol–water partition coefficient (Wildman–Crippen LogP) is 2.70. The lowest BCUT2D eigenvalue weighted by Crippen LogP contribution is -2.12. The summed E-state index contributed by atoms with van der Waals surface area (Å²) in [4.78, 5) is 12.6. The van der Waals surface area contributed by atoms with Gasteiger partial charge in [-0.1, -0.05) is 11.4 Å². The summed E-state index contributed by atoms with van der Waals surface area (Å²) in [6.45, 7) is 1.94. The van der Waals surface area contributed by atoms with E-state index in [9.17, 15) is 4.79 Å². The minimum absolute atomic E-state index is 0.196. The molecule has 0 unspecified atom stereocenters. The van der Waals surface area contributed by atoms with Gasteiger partial charge >= 0.3 is 0 Å². The average Bonchev–Trinajstić information content (AvgIpc) is 2.82. The van der Waals surface area contributed by atoms with Crippen LogP contribution in [0.4, 0.5) is 11.4 Å². The molecule has 1 aromatic carbocycles. The van der Waals surface area contributed by atoms with Crippen molar-refractivity contribution in [3.63, 3.8) is 0 Å². The van der Waals surface area contributed by atoms with Gasteiger partial charge in [0.05, 0.1) is 5.69 Å². The zero-order valence-electron chi connectivity index (χ0n) is 9.61. The van der Waals surface area contributed by atoms with Crippen LogP contribution in [0, 0.1) is 0 Å². The van der Waals surface area contributed by atoms with Gasteiger partial charge in [0.25, 0.3) is 5.91 Å². The Balaban J connectivity index is 2.19. The van der Waals surface area contributed by atoms with Crippen molar-refractivity contribution in [1.82, 2.24) is 9.59 Å². The predicted molar refractivity (Wildman–Crippen MR) is 75.8 cm³/mol. The van der Waals surface area contributed by atoms with Crippen LogP contribution in [0.5, 0.6) is 0 Å². The Morgan fingerprint density at radius 1 is 1.56 bits per heavy atom. The van der Waals surface area contributed by atoms with E-state index in [2.05, 4.69) is 30.8 Å². The Morgan fingerprint density at radius 3 is 3.00 bits per heavy atom. The minimum Gasteiger partial charge on any atom is -0.398 e. The summed E-state index contributed by atoms with van der Waals surface area (Å²) in [6.07, 6.45) is 0.685. The maximum absolute atomic E-state index is 12.0. The first kappa shape index (κ1) is 13.0. The first-order chi connectivity index (χ1) is 8.61. The highest BCUT2D eigenvalue weighted by molar-refractivity contribution is 9.10. The topological polar surface area (TPSA) is 80.9 Å². The van der Waals surface area contributed by atoms with Gasteiger partial charge in [0.1, 0.15) is 4.88 Å². The van der Waals surface area contributed by atoms with E-state index >= 15 is 0 Å². The fourth-order valence-corrected chi connectivity index (χ4v) is 2.43. The Bertz CT molecular complexity index is 584. The Kier molecular flexibility index (Phi) is 3.93. The number of hydrogen-bond acceptors (Lipinski definition) is 5. The number of carbonyl (C=O) groups excluding carboxylic acids is 1. The number of halogens is 1. The van der Waals surface area contributed by atoms with Gasteiger partial charge in [-0.3, -0.25) is 4.79 Å². The third kappa shape index (κ3) is 2.68. The molecule has 0 aliphatic heterocycles. The number of nitrogens with one attached hydrogen (secondary N) is 1. The average molecular weight is 327 g/mol. The first-order valence-corrected chi connectivity index (χ1v) is 6.86. The largest absolute Gasteiger partial charge is 0.398 e. The zero-order valence-corrected chi connectivity index (χ0v) is 12.0. The van der Waals surface area contributed by atoms with Crippen LogP contribution in [0.15, 0.2) is 22.7 Å². The van der Waals surface area contributed by atoms with Crippen LogP contribution in [-0.2, 0) is 6.42 Å². The van der Waals surface area contributed by atoms with Crippen LogP contribution in [-0.4, -0.2) is 15.5 Å². The molecule has 0 aliphatic carbocycles. The molecular weight excluding hydrogens is 316 g/mol. The van der Waals surface area contributed by atoms with Gasteiger partial charge in [0.2, 0.25) is 0 Å². The van der Waals surface area contributed by atoms with E-state index in [0.717, 1.165) is 16.0 Å². The maximum atomic E-state index is 12.0. The second-order valence-electron chi connectivity index (χ2n) is 3.59. The summed E-state index contributed by atoms with van der Waals surface area (Å²) in [7, 11) is 0. The fraction of sp³-hybridized carbons (Fsp3) is 0.182. The minimum atomic E-state index is -0.196. The lowest BCUT2D eigenvalue weighted by atomic mass is 10.2. The number of rotatable bonds is 3. The van der Waals surface area contributed by atoms with Crippen molar-refractivity contribution in [1.29, 1.82) is 0 Å². The van der Waals surface area contributed by atoms with Gasteiger partial charge < -0.3 is 11.1 Å². The van der Waals surface area contributed by atoms with Gasteiger partial charge in [-0.05, 0) is 52.1 Å². The van der Waals surface area contributed by atoms with Crippen LogP contribution in [0.2, 0.25) is 0 Å². The van der Waals surface area contributed by atoms with Crippen LogP contribution < -0.4 is 11.1 Å². The number of aromatic nitrogens is 2. The lowest BCUT2D eigenvalue weighted by Gasteiger charge is -2.06. The molecule has 0 saturated carbocycles. The number of aryl methyl sites for hydroxylation is 1. The molecule has 1 heterocycles. The molecule has 3 N–H and O–H groups in total. The number of carbonyl (C=O) groups is 1. The number of amides is 1. The van der Waals surface area contributed by atoms with Crippen molar-refractivity contribution < 1.29 is 4.79 Å². The number of nitrogens with two attached hydrogens (primary N) is 1. The maximum Gasteiger partial charge on any atom is 0.269 e. The third-order valence-electron chi connectivity index (χ3n) is 2.36. The summed E-state index contributed by atoms with van der Waals surface area (Å²) in [5.74, 6) is -0.196. The summed E-state index contributed by atoms with van der Waals surface area (Å²) in [5.41, 5.74) is 7.70. The Labute approximate surface area is 117 Å². The SMILES string of the molecule is CCc1nnsc1C(=O)Nc1ccc(N)c(Br)c1. The Hall–Kier alpha value is -1.47. The molecule has 1 amide bonds. The van der Waals surface area contributed by atoms with Crippen LogP contribution >= 0.6 is 27.5 Å². The molecule has 5 nitrogen and oxygen atoms in total. The van der Waals surface area contributed by atoms with Crippen molar-refractivity contribution in [3.8, 4) is 0 Å². The van der Waals surface area contributed by atoms with Crippen molar-refractivity contribution in [2.24, 2.45) is 0 Å². The molecule has 18 heavy (non-hydrogen) atoms. The van der Waals surface area contributed by atoms with Gasteiger partial charge in [-0.15, -0.1) is 5.10 Å². The molecule has 0 spiro atoms. The van der Waals surface area contributed by atoms with E-state index in [-0.39, 0.29) is 5.91 Å². The van der Waals surface area contributed by atoms with Gasteiger partial charge in [-0.25, -0.2) is 0 Å². The summed E-state index contributed by atoms with van der Waals surface area (Å²) in [6, 6.07) is 5.23. The molecule has 94 valence electrons. The molecule has 0 fully saturated rings. The van der Waals surface area contributed by atoms with Crippen LogP contribution in [0.1, 0.15) is 22.3 Å². The summed E-state index contributed by atoms with van der Waals surface area (Å²) in [5, 5.41) is 6.70. The summed E-state index contributed by atoms with van der Waals surface area (Å²) < 4.78 is 4.54. The fourth-order valence-electron chi connectivity index (χ4n) is 1.41. The molecule has 0 aliphatic rings. The molecule has 0 atom stereocenters. The number of benzene rings is 1. The standard InChI is InChI=1S/C11H11BrN4OS/c1-2-9-10(18-16-15-9)11(17)14-6-3-4-8(13)7(12)5-6/h3-5H,2,13H2,1H3,(H,14,17). The second-order valence-corrected chi connectivity index (χ2v) is 5.20. The lowest BCUT2D eigenvalue weighted by molar-refractivity contribution is 0.102. The van der Waals surface area contributed by atoms with E-state index in [0.29, 0.717) is 28.4 Å². The molecular formula is C11H11BrN4OS. The summed E-state index contributed by atoms with van der Waals surface area (Å²) >= 11 is 4.41. The molecule has 2 aromatic rings. The van der Waals surface area contributed by atoms with Crippen LogP contribution in [0.3, 0.4) is 0 Å². The van der Waals surface area contributed by atoms with Crippen LogP contribution in [0.25, 0.3) is 0 Å². The molecule has 0 radical (unpaired) electrons. The highest BCUT2D eigenvalue weighted by Gasteiger charge is 2.15. The first-order valence-electron chi connectivity index (χ1n) is 5.29. The van der Waals surface area contributed by atoms with Crippen molar-refractivity contribution in [3.05, 3.63) is 33.2 Å². The molecule has 0 bridgehead atoms. The smallest absolute Gasteiger partial charge is 0.269 e. The van der Waals surface area contributed by atoms with E-state index < -0.39 is 0 Å². The zero-order chi connectivity index (χ0) is 13.1. The highest BCUT2D eigenvalue weighted by Crippen LogP contribution is 2.24. The number of nitrogens with zero attached hydrogens (tertiary/aromatic N) is 2. The van der Waals surface area contributed by atoms with E-state index in [1.165, 1.54) is 0 Å². The number of nitrogen functional groups attached to an aromatic ring is 1. The second kappa shape index (κ2) is 5.45. The number of hydrogen-bond donors (Lipinski definition) is 2. The number of anilines is 2. The molecule has 0 saturated heterocycles. The monoisotopic (exact) mass is 326 g/mol. The van der Waals surface area contributed by atoms with Crippen molar-refractivity contribution >= 4 is 44.7 Å². The molecule has 2 rings (SSSR count). The normalized spacial score (nSPS) is 10.3. The van der Waals surface area contributed by atoms with E-state index in [4.69, 9.17) is 5.73 Å². The quantitative estimate of drug-likeness (QED) is 0.850. The van der Waals surface area contributed by atoms with Crippen molar-refractivity contribution in [2.75, 3.05) is 11.1 Å². The van der Waals surface area contributed by atoms with Gasteiger partial charge in [0.15, 0.2) is 0 Å². The molecule has 7 heteroatoms. The van der Waals surface area contributed by atoms with Gasteiger partial charge in [0, 0.05) is 15.8 Å². The molecule has 1 aromatic heterocycles. The van der Waals surface area contributed by atoms with Gasteiger partial charge in [-0.2, -0.15) is 0 Å². The Morgan fingerprint density at radius 2 is 2.33 bits per heavy atom. The third-order valence-corrected chi connectivity index (χ3v) is 3.81. The van der Waals surface area contributed by atoms with Crippen molar-refractivity contribution in [2.45, 2.75) is 13.3 Å². The van der Waals surface area contributed by atoms with E-state index in [1.807, 2.05) is 6.92 Å².